The summed E-state index contributed by atoms with van der Waals surface area (Å²) < 4.78 is 1.12. The molecular formula is C10H12BrN. The Morgan fingerprint density at radius 1 is 1.42 bits per heavy atom. The van der Waals surface area contributed by atoms with Crippen molar-refractivity contribution in [3.05, 3.63) is 28.2 Å². The molecule has 0 amide bonds. The molecular weight excluding hydrogens is 214 g/mol. The maximum atomic E-state index is 5.89. The topological polar surface area (TPSA) is 26.0 Å². The highest BCUT2D eigenvalue weighted by Crippen LogP contribution is 2.50. The van der Waals surface area contributed by atoms with Crippen LogP contribution in [0.5, 0.6) is 0 Å². The van der Waals surface area contributed by atoms with Crippen LogP contribution in [-0.2, 0) is 5.41 Å². The van der Waals surface area contributed by atoms with Gasteiger partial charge in [0.15, 0.2) is 0 Å². The van der Waals surface area contributed by atoms with E-state index in [2.05, 4.69) is 28.9 Å². The molecule has 64 valence electrons. The standard InChI is InChI=1S/C10H12BrN/c1-10(4-5-10)8-6-7(11)2-3-9(8)12/h2-3,6H,4-5,12H2,1H3. The average molecular weight is 226 g/mol. The van der Waals surface area contributed by atoms with Crippen LogP contribution in [0.4, 0.5) is 5.69 Å². The Kier molecular flexibility index (Phi) is 1.69. The van der Waals surface area contributed by atoms with Gasteiger partial charge < -0.3 is 5.73 Å². The Balaban J connectivity index is 2.48. The van der Waals surface area contributed by atoms with Gasteiger partial charge in [-0.3, -0.25) is 0 Å². The maximum absolute atomic E-state index is 5.89. The molecule has 1 fully saturated rings. The summed E-state index contributed by atoms with van der Waals surface area (Å²) in [6.45, 7) is 2.27. The summed E-state index contributed by atoms with van der Waals surface area (Å²) in [7, 11) is 0. The third-order valence-corrected chi connectivity index (χ3v) is 3.16. The summed E-state index contributed by atoms with van der Waals surface area (Å²) in [5.41, 5.74) is 8.50. The van der Waals surface area contributed by atoms with Gasteiger partial charge in [-0.2, -0.15) is 0 Å². The van der Waals surface area contributed by atoms with E-state index < -0.39 is 0 Å². The third-order valence-electron chi connectivity index (χ3n) is 2.67. The minimum Gasteiger partial charge on any atom is -0.398 e. The van der Waals surface area contributed by atoms with Gasteiger partial charge in [0.05, 0.1) is 0 Å². The summed E-state index contributed by atoms with van der Waals surface area (Å²) in [4.78, 5) is 0. The highest BCUT2D eigenvalue weighted by atomic mass is 79.9. The maximum Gasteiger partial charge on any atom is 0.0352 e. The molecule has 0 saturated heterocycles. The van der Waals surface area contributed by atoms with E-state index >= 15 is 0 Å². The van der Waals surface area contributed by atoms with Crippen LogP contribution in [0.25, 0.3) is 0 Å². The van der Waals surface area contributed by atoms with Gasteiger partial charge in [-0.15, -0.1) is 0 Å². The van der Waals surface area contributed by atoms with Crippen molar-refractivity contribution >= 4 is 21.6 Å². The molecule has 0 spiro atoms. The zero-order valence-corrected chi connectivity index (χ0v) is 8.69. The van der Waals surface area contributed by atoms with Crippen molar-refractivity contribution < 1.29 is 0 Å². The molecule has 0 radical (unpaired) electrons. The molecule has 0 heterocycles. The van der Waals surface area contributed by atoms with Crippen LogP contribution in [0.1, 0.15) is 25.3 Å². The molecule has 1 aromatic carbocycles. The van der Waals surface area contributed by atoms with Gasteiger partial charge in [-0.25, -0.2) is 0 Å². The van der Waals surface area contributed by atoms with Crippen LogP contribution in [0.3, 0.4) is 0 Å². The van der Waals surface area contributed by atoms with E-state index in [1.807, 2.05) is 12.1 Å². The fourth-order valence-electron chi connectivity index (χ4n) is 1.51. The smallest absolute Gasteiger partial charge is 0.0352 e. The normalized spacial score (nSPS) is 19.2. The monoisotopic (exact) mass is 225 g/mol. The summed E-state index contributed by atoms with van der Waals surface area (Å²) in [5, 5.41) is 0. The fourth-order valence-corrected chi connectivity index (χ4v) is 1.87. The van der Waals surface area contributed by atoms with Crippen molar-refractivity contribution in [2.24, 2.45) is 0 Å². The largest absolute Gasteiger partial charge is 0.398 e. The van der Waals surface area contributed by atoms with E-state index in [1.165, 1.54) is 18.4 Å². The SMILES string of the molecule is CC1(c2cc(Br)ccc2N)CC1. The zero-order valence-electron chi connectivity index (χ0n) is 7.10. The zero-order chi connectivity index (χ0) is 8.77. The molecule has 12 heavy (non-hydrogen) atoms. The number of benzene rings is 1. The second-order valence-electron chi connectivity index (χ2n) is 3.79. The number of hydrogen-bond donors (Lipinski definition) is 1. The predicted molar refractivity (Wildman–Crippen MR) is 55.1 cm³/mol. The molecule has 0 aromatic heterocycles. The average Bonchev–Trinajstić information content (AvgIpc) is 2.75. The molecule has 2 rings (SSSR count). The van der Waals surface area contributed by atoms with E-state index in [4.69, 9.17) is 5.73 Å². The first-order valence-electron chi connectivity index (χ1n) is 4.17. The first kappa shape index (κ1) is 8.11. The highest BCUT2D eigenvalue weighted by Gasteiger charge is 2.40. The summed E-state index contributed by atoms with van der Waals surface area (Å²) in [5.74, 6) is 0. The molecule has 1 aromatic rings. The van der Waals surface area contributed by atoms with E-state index in [-0.39, 0.29) is 0 Å². The van der Waals surface area contributed by atoms with Crippen molar-refractivity contribution in [2.45, 2.75) is 25.2 Å². The molecule has 1 saturated carbocycles. The lowest BCUT2D eigenvalue weighted by molar-refractivity contribution is 0.790. The van der Waals surface area contributed by atoms with Crippen LogP contribution < -0.4 is 5.73 Å². The van der Waals surface area contributed by atoms with Crippen molar-refractivity contribution in [3.63, 3.8) is 0 Å². The Labute approximate surface area is 81.1 Å². The number of rotatable bonds is 1. The minimum absolute atomic E-state index is 0.369. The minimum atomic E-state index is 0.369. The Morgan fingerprint density at radius 3 is 2.67 bits per heavy atom. The molecule has 0 atom stereocenters. The van der Waals surface area contributed by atoms with Crippen molar-refractivity contribution in [2.75, 3.05) is 5.73 Å². The summed E-state index contributed by atoms with van der Waals surface area (Å²) in [6.07, 6.45) is 2.54. The number of hydrogen-bond acceptors (Lipinski definition) is 1. The molecule has 2 heteroatoms. The van der Waals surface area contributed by atoms with Crippen LogP contribution in [0.2, 0.25) is 0 Å². The molecule has 0 unspecified atom stereocenters. The van der Waals surface area contributed by atoms with Crippen molar-refractivity contribution in [1.29, 1.82) is 0 Å². The van der Waals surface area contributed by atoms with Gasteiger partial charge in [-0.1, -0.05) is 22.9 Å². The molecule has 1 aliphatic rings. The van der Waals surface area contributed by atoms with Gasteiger partial charge in [0.25, 0.3) is 0 Å². The van der Waals surface area contributed by atoms with Gasteiger partial charge in [0.2, 0.25) is 0 Å². The van der Waals surface area contributed by atoms with Crippen molar-refractivity contribution in [1.82, 2.24) is 0 Å². The van der Waals surface area contributed by atoms with Gasteiger partial charge >= 0.3 is 0 Å². The lowest BCUT2D eigenvalue weighted by atomic mass is 9.97. The third kappa shape index (κ3) is 1.24. The Bertz CT molecular complexity index is 316. The van der Waals surface area contributed by atoms with Crippen LogP contribution >= 0.6 is 15.9 Å². The van der Waals surface area contributed by atoms with Crippen molar-refractivity contribution in [3.8, 4) is 0 Å². The molecule has 0 bridgehead atoms. The number of nitrogen functional groups attached to an aromatic ring is 1. The highest BCUT2D eigenvalue weighted by molar-refractivity contribution is 9.10. The van der Waals surface area contributed by atoms with Gasteiger partial charge in [0.1, 0.15) is 0 Å². The first-order valence-corrected chi connectivity index (χ1v) is 4.97. The fraction of sp³-hybridized carbons (Fsp3) is 0.400. The number of halogens is 1. The lowest BCUT2D eigenvalue weighted by Gasteiger charge is -2.12. The number of anilines is 1. The van der Waals surface area contributed by atoms with Gasteiger partial charge in [0, 0.05) is 10.2 Å². The van der Waals surface area contributed by atoms with Crippen LogP contribution in [0.15, 0.2) is 22.7 Å². The van der Waals surface area contributed by atoms with E-state index in [1.54, 1.807) is 0 Å². The predicted octanol–water partition coefficient (Wildman–Crippen LogP) is 3.08. The quantitative estimate of drug-likeness (QED) is 0.731. The lowest BCUT2D eigenvalue weighted by Crippen LogP contribution is -2.04. The van der Waals surface area contributed by atoms with Gasteiger partial charge in [-0.05, 0) is 42.0 Å². The molecule has 1 nitrogen and oxygen atoms in total. The first-order chi connectivity index (χ1) is 5.62. The summed E-state index contributed by atoms with van der Waals surface area (Å²) in [6, 6.07) is 6.11. The molecule has 2 N–H and O–H groups in total. The second-order valence-corrected chi connectivity index (χ2v) is 4.71. The second kappa shape index (κ2) is 2.49. The van der Waals surface area contributed by atoms with E-state index in [0.29, 0.717) is 5.41 Å². The number of nitrogens with two attached hydrogens (primary N) is 1. The summed E-state index contributed by atoms with van der Waals surface area (Å²) >= 11 is 3.46. The Morgan fingerprint density at radius 2 is 2.08 bits per heavy atom. The molecule has 0 aliphatic heterocycles. The molecule has 1 aliphatic carbocycles. The van der Waals surface area contributed by atoms with Crippen LogP contribution in [-0.4, -0.2) is 0 Å². The van der Waals surface area contributed by atoms with E-state index in [0.717, 1.165) is 10.2 Å². The Hall–Kier alpha value is -0.500. The van der Waals surface area contributed by atoms with Crippen LogP contribution in [0, 0.1) is 0 Å². The van der Waals surface area contributed by atoms with E-state index in [9.17, 15) is 0 Å².